The average molecular weight is 642 g/mol. The molecule has 10 nitrogen and oxygen atoms in total. The van der Waals surface area contributed by atoms with Crippen molar-refractivity contribution in [1.82, 2.24) is 20.3 Å². The number of likely N-dealkylation sites (N-methyl/N-ethyl adjacent to an activating group) is 1. The molecule has 3 aromatic rings. The Morgan fingerprint density at radius 3 is 2.52 bits per heavy atom. The van der Waals surface area contributed by atoms with Gasteiger partial charge in [0.2, 0.25) is 6.41 Å². The monoisotopic (exact) mass is 641 g/mol. The maximum Gasteiger partial charge on any atom is 0.412 e. The summed E-state index contributed by atoms with van der Waals surface area (Å²) < 4.78 is 63.0. The highest BCUT2D eigenvalue weighted by molar-refractivity contribution is 6.31. The van der Waals surface area contributed by atoms with Gasteiger partial charge in [0, 0.05) is 31.6 Å². The maximum atomic E-state index is 15.2. The van der Waals surface area contributed by atoms with Crippen LogP contribution in [-0.4, -0.2) is 71.2 Å². The fourth-order valence-electron chi connectivity index (χ4n) is 4.03. The van der Waals surface area contributed by atoms with Gasteiger partial charge < -0.3 is 15.0 Å². The first-order chi connectivity index (χ1) is 20.6. The van der Waals surface area contributed by atoms with Crippen LogP contribution in [0.15, 0.2) is 48.7 Å². The number of ether oxygens (including phenoxy) is 1. The van der Waals surface area contributed by atoms with E-state index in [-0.39, 0.29) is 29.4 Å². The van der Waals surface area contributed by atoms with Gasteiger partial charge in [-0.3, -0.25) is 14.9 Å². The van der Waals surface area contributed by atoms with Gasteiger partial charge in [0.25, 0.3) is 5.92 Å². The Morgan fingerprint density at radius 2 is 1.84 bits per heavy atom. The summed E-state index contributed by atoms with van der Waals surface area (Å²) in [5, 5.41) is 6.10. The Balaban J connectivity index is 1.73. The number of carbonyl (C=O) groups excluding carboxylic acids is 3. The van der Waals surface area contributed by atoms with E-state index in [2.05, 4.69) is 15.6 Å². The second kappa shape index (κ2) is 14.5. The SMILES string of the molecule is CN(C(=O)NCc1cccc(F)c1Cl)[C@H](COC(=O)Nc1cc2cc(F)ccc2cn1)CC(F)(F)CN(C=O)OC(C)(C)C. The smallest absolute Gasteiger partial charge is 0.412 e. The number of nitrogens with one attached hydrogen (secondary N) is 2. The lowest BCUT2D eigenvalue weighted by molar-refractivity contribution is -0.238. The van der Waals surface area contributed by atoms with E-state index < -0.39 is 60.9 Å². The molecule has 0 aliphatic heterocycles. The molecule has 4 amide bonds. The van der Waals surface area contributed by atoms with E-state index in [0.717, 1.165) is 11.0 Å². The van der Waals surface area contributed by atoms with Gasteiger partial charge in [-0.05, 0) is 62.1 Å². The van der Waals surface area contributed by atoms with E-state index in [9.17, 15) is 23.2 Å². The van der Waals surface area contributed by atoms with Crippen LogP contribution in [-0.2, 0) is 20.9 Å². The minimum Gasteiger partial charge on any atom is -0.447 e. The number of halogens is 5. The minimum atomic E-state index is -3.61. The summed E-state index contributed by atoms with van der Waals surface area (Å²) in [6.07, 6.45) is -0.613. The first-order valence-electron chi connectivity index (χ1n) is 13.3. The molecule has 0 saturated carbocycles. The van der Waals surface area contributed by atoms with Crippen LogP contribution < -0.4 is 10.6 Å². The van der Waals surface area contributed by atoms with Crippen LogP contribution in [0, 0.1) is 11.6 Å². The van der Waals surface area contributed by atoms with Crippen LogP contribution in [0.4, 0.5) is 33.0 Å². The van der Waals surface area contributed by atoms with E-state index in [1.165, 1.54) is 49.6 Å². The predicted molar refractivity (Wildman–Crippen MR) is 155 cm³/mol. The van der Waals surface area contributed by atoms with Gasteiger partial charge in [-0.1, -0.05) is 23.7 Å². The first-order valence-corrected chi connectivity index (χ1v) is 13.7. The summed E-state index contributed by atoms with van der Waals surface area (Å²) in [6.45, 7) is 2.64. The molecular weight excluding hydrogens is 610 g/mol. The third-order valence-corrected chi connectivity index (χ3v) is 6.50. The number of fused-ring (bicyclic) bond motifs is 1. The van der Waals surface area contributed by atoms with Crippen LogP contribution in [0.1, 0.15) is 32.8 Å². The molecule has 15 heteroatoms. The second-order valence-corrected chi connectivity index (χ2v) is 11.2. The number of amides is 4. The number of carbonyl (C=O) groups is 3. The lowest BCUT2D eigenvalue weighted by Gasteiger charge is -2.33. The second-order valence-electron chi connectivity index (χ2n) is 10.9. The number of hydroxylamine groups is 2. The van der Waals surface area contributed by atoms with Crippen molar-refractivity contribution < 1.29 is 41.5 Å². The van der Waals surface area contributed by atoms with Crippen LogP contribution in [0.25, 0.3) is 10.8 Å². The summed E-state index contributed by atoms with van der Waals surface area (Å²) >= 11 is 5.93. The summed E-state index contributed by atoms with van der Waals surface area (Å²) in [5.74, 6) is -4.80. The number of hydrogen-bond acceptors (Lipinski definition) is 6. The number of hydrogen-bond donors (Lipinski definition) is 2. The summed E-state index contributed by atoms with van der Waals surface area (Å²) in [5.41, 5.74) is -0.704. The number of alkyl halides is 2. The quantitative estimate of drug-likeness (QED) is 0.140. The molecule has 0 unspecified atom stereocenters. The molecule has 1 aromatic heterocycles. The number of nitrogens with zero attached hydrogens (tertiary/aromatic N) is 3. The molecule has 0 aliphatic carbocycles. The summed E-state index contributed by atoms with van der Waals surface area (Å²) in [6, 6.07) is 7.12. The Kier molecular flexibility index (Phi) is 11.3. The van der Waals surface area contributed by atoms with Crippen molar-refractivity contribution in [2.45, 2.75) is 51.3 Å². The predicted octanol–water partition coefficient (Wildman–Crippen LogP) is 6.14. The topological polar surface area (TPSA) is 113 Å². The summed E-state index contributed by atoms with van der Waals surface area (Å²) in [4.78, 5) is 47.1. The van der Waals surface area contributed by atoms with Gasteiger partial charge in [-0.2, -0.15) is 0 Å². The fourth-order valence-corrected chi connectivity index (χ4v) is 4.22. The molecule has 0 radical (unpaired) electrons. The highest BCUT2D eigenvalue weighted by Gasteiger charge is 2.39. The Morgan fingerprint density at radius 1 is 1.11 bits per heavy atom. The van der Waals surface area contributed by atoms with E-state index in [0.29, 0.717) is 15.8 Å². The maximum absolute atomic E-state index is 15.2. The summed E-state index contributed by atoms with van der Waals surface area (Å²) in [7, 11) is 1.20. The fraction of sp³-hybridized carbons (Fsp3) is 0.379. The molecule has 44 heavy (non-hydrogen) atoms. The van der Waals surface area contributed by atoms with Crippen molar-refractivity contribution in [3.05, 3.63) is 70.9 Å². The van der Waals surface area contributed by atoms with Crippen molar-refractivity contribution >= 4 is 46.7 Å². The van der Waals surface area contributed by atoms with Crippen LogP contribution in [0.3, 0.4) is 0 Å². The highest BCUT2D eigenvalue weighted by atomic mass is 35.5. The number of urea groups is 1. The van der Waals surface area contributed by atoms with Crippen molar-refractivity contribution in [2.75, 3.05) is 25.5 Å². The van der Waals surface area contributed by atoms with E-state index in [1.807, 2.05) is 0 Å². The first kappa shape index (κ1) is 34.3. The lowest BCUT2D eigenvalue weighted by Crippen LogP contribution is -2.50. The van der Waals surface area contributed by atoms with Gasteiger partial charge in [0.15, 0.2) is 0 Å². The van der Waals surface area contributed by atoms with Gasteiger partial charge >= 0.3 is 12.1 Å². The van der Waals surface area contributed by atoms with Crippen LogP contribution >= 0.6 is 11.6 Å². The molecule has 1 heterocycles. The minimum absolute atomic E-state index is 0.00834. The highest BCUT2D eigenvalue weighted by Crippen LogP contribution is 2.26. The number of benzene rings is 2. The van der Waals surface area contributed by atoms with Gasteiger partial charge in [0.05, 0.1) is 16.7 Å². The van der Waals surface area contributed by atoms with Crippen molar-refractivity contribution in [3.8, 4) is 0 Å². The Hall–Kier alpha value is -4.17. The van der Waals surface area contributed by atoms with E-state index in [1.54, 1.807) is 20.8 Å². The molecule has 3 rings (SSSR count). The normalized spacial score (nSPS) is 12.4. The molecule has 0 fully saturated rings. The molecule has 238 valence electrons. The van der Waals surface area contributed by atoms with E-state index in [4.69, 9.17) is 21.2 Å². The van der Waals surface area contributed by atoms with Crippen LogP contribution in [0.2, 0.25) is 5.02 Å². The molecule has 2 N–H and O–H groups in total. The third-order valence-electron chi connectivity index (χ3n) is 6.08. The standard InChI is InChI=1S/C29H32ClF4N5O5/c1-28(2,3)44-39(17-40)16-29(33,34)12-22(38(4)26(41)36-14-19-6-5-7-23(32)25(19)30)15-43-27(42)37-24-11-20-10-21(31)9-8-18(20)13-35-24/h5-11,13,17,22H,12,14-16H2,1-4H3,(H,36,41)(H,35,37,42)/t22-/m0/s1. The van der Waals surface area contributed by atoms with Crippen molar-refractivity contribution in [1.29, 1.82) is 0 Å². The largest absolute Gasteiger partial charge is 0.447 e. The molecule has 0 saturated heterocycles. The van der Waals surface area contributed by atoms with Crippen LogP contribution in [0.5, 0.6) is 0 Å². The number of aromatic nitrogens is 1. The molecule has 0 bridgehead atoms. The number of rotatable bonds is 12. The molecular formula is C29H32ClF4N5O5. The van der Waals surface area contributed by atoms with Crippen molar-refractivity contribution in [3.63, 3.8) is 0 Å². The number of pyridine rings is 1. The lowest BCUT2D eigenvalue weighted by atomic mass is 10.1. The van der Waals surface area contributed by atoms with Gasteiger partial charge in [-0.15, -0.1) is 0 Å². The zero-order valence-corrected chi connectivity index (χ0v) is 25.1. The van der Waals surface area contributed by atoms with Crippen molar-refractivity contribution in [2.24, 2.45) is 0 Å². The zero-order valence-electron chi connectivity index (χ0n) is 24.4. The number of anilines is 1. The zero-order chi connectivity index (χ0) is 32.7. The molecule has 1 atom stereocenters. The Labute approximate surface area is 256 Å². The molecule has 0 aliphatic rings. The average Bonchev–Trinajstić information content (AvgIpc) is 2.94. The van der Waals surface area contributed by atoms with Gasteiger partial charge in [0.1, 0.15) is 30.6 Å². The molecule has 2 aromatic carbocycles. The molecule has 0 spiro atoms. The third kappa shape index (κ3) is 10.2. The van der Waals surface area contributed by atoms with E-state index >= 15 is 8.78 Å². The van der Waals surface area contributed by atoms with Gasteiger partial charge in [-0.25, -0.2) is 37.2 Å². The Bertz CT molecular complexity index is 1490.